The third-order valence-electron chi connectivity index (χ3n) is 1.25. The van der Waals surface area contributed by atoms with Crippen LogP contribution in [0.3, 0.4) is 0 Å². The maximum absolute atomic E-state index is 12.7. The van der Waals surface area contributed by atoms with E-state index in [0.29, 0.717) is 0 Å². The molecule has 60 valence electrons. The average Bonchev–Trinajstić information content (AvgIpc) is 1.97. The van der Waals surface area contributed by atoms with Crippen LogP contribution in [0.5, 0.6) is 0 Å². The van der Waals surface area contributed by atoms with Crippen LogP contribution in [-0.4, -0.2) is 0 Å². The van der Waals surface area contributed by atoms with Crippen LogP contribution in [0, 0.1) is 11.6 Å². The molecule has 0 fully saturated rings. The number of nitrogens with two attached hydrogens (primary N) is 2. The van der Waals surface area contributed by atoms with Gasteiger partial charge in [0.15, 0.2) is 5.82 Å². The highest BCUT2D eigenvalue weighted by molar-refractivity contribution is 6.31. The van der Waals surface area contributed by atoms with Crippen molar-refractivity contribution in [2.24, 2.45) is 0 Å². The number of benzene rings is 1. The molecule has 0 atom stereocenters. The molecule has 4 N–H and O–H groups in total. The van der Waals surface area contributed by atoms with Crippen molar-refractivity contribution in [3.63, 3.8) is 0 Å². The molecule has 2 nitrogen and oxygen atoms in total. The van der Waals surface area contributed by atoms with Gasteiger partial charge >= 0.3 is 0 Å². The topological polar surface area (TPSA) is 52.0 Å². The quantitative estimate of drug-likeness (QED) is 0.470. The van der Waals surface area contributed by atoms with Crippen LogP contribution >= 0.6 is 11.6 Å². The largest absolute Gasteiger partial charge is 0.395 e. The Labute approximate surface area is 66.7 Å². The van der Waals surface area contributed by atoms with Crippen LogP contribution < -0.4 is 11.5 Å². The summed E-state index contributed by atoms with van der Waals surface area (Å²) in [4.78, 5) is 0. The lowest BCUT2D eigenvalue weighted by atomic mass is 10.2. The zero-order valence-corrected chi connectivity index (χ0v) is 6.12. The van der Waals surface area contributed by atoms with Crippen molar-refractivity contribution >= 4 is 23.0 Å². The first kappa shape index (κ1) is 8.07. The van der Waals surface area contributed by atoms with Crippen molar-refractivity contribution in [2.75, 3.05) is 11.5 Å². The highest BCUT2D eigenvalue weighted by Gasteiger charge is 2.11. The van der Waals surface area contributed by atoms with Gasteiger partial charge in [-0.05, 0) is 6.07 Å². The van der Waals surface area contributed by atoms with Crippen molar-refractivity contribution in [3.8, 4) is 0 Å². The molecule has 0 spiro atoms. The summed E-state index contributed by atoms with van der Waals surface area (Å²) in [6.45, 7) is 0. The first-order valence-electron chi connectivity index (χ1n) is 2.72. The van der Waals surface area contributed by atoms with Crippen molar-refractivity contribution in [1.82, 2.24) is 0 Å². The molecule has 0 aliphatic heterocycles. The van der Waals surface area contributed by atoms with Crippen LogP contribution in [0.2, 0.25) is 5.02 Å². The SMILES string of the molecule is Nc1c(F)cc(Cl)c(F)c1N. The molecule has 0 heterocycles. The zero-order valence-electron chi connectivity index (χ0n) is 5.37. The van der Waals surface area contributed by atoms with E-state index in [-0.39, 0.29) is 5.02 Å². The van der Waals surface area contributed by atoms with E-state index in [1.807, 2.05) is 0 Å². The first-order valence-corrected chi connectivity index (χ1v) is 3.10. The summed E-state index contributed by atoms with van der Waals surface area (Å²) in [7, 11) is 0. The number of anilines is 2. The van der Waals surface area contributed by atoms with Gasteiger partial charge < -0.3 is 11.5 Å². The molecular weight excluding hydrogens is 174 g/mol. The van der Waals surface area contributed by atoms with E-state index in [9.17, 15) is 8.78 Å². The fourth-order valence-electron chi connectivity index (χ4n) is 0.628. The summed E-state index contributed by atoms with van der Waals surface area (Å²) in [5.74, 6) is -1.69. The predicted molar refractivity (Wildman–Crippen MR) is 40.2 cm³/mol. The van der Waals surface area contributed by atoms with Gasteiger partial charge in [0.2, 0.25) is 0 Å². The second-order valence-corrected chi connectivity index (χ2v) is 2.39. The summed E-state index contributed by atoms with van der Waals surface area (Å²) < 4.78 is 25.2. The van der Waals surface area contributed by atoms with Crippen LogP contribution in [-0.2, 0) is 0 Å². The minimum atomic E-state index is -0.884. The molecule has 0 unspecified atom stereocenters. The molecular formula is C6H5ClF2N2. The fraction of sp³-hybridized carbons (Fsp3) is 0. The van der Waals surface area contributed by atoms with Crippen molar-refractivity contribution in [3.05, 3.63) is 22.7 Å². The maximum atomic E-state index is 12.7. The van der Waals surface area contributed by atoms with E-state index in [2.05, 4.69) is 0 Å². The Morgan fingerprint density at radius 3 is 2.27 bits per heavy atom. The normalized spacial score (nSPS) is 10.1. The van der Waals surface area contributed by atoms with Gasteiger partial charge in [0.25, 0.3) is 0 Å². The molecule has 0 aromatic heterocycles. The molecule has 1 rings (SSSR count). The predicted octanol–water partition coefficient (Wildman–Crippen LogP) is 1.78. The van der Waals surface area contributed by atoms with Gasteiger partial charge in [0, 0.05) is 0 Å². The molecule has 0 aliphatic rings. The Morgan fingerprint density at radius 1 is 1.18 bits per heavy atom. The van der Waals surface area contributed by atoms with E-state index in [1.54, 1.807) is 0 Å². The molecule has 1 aromatic rings. The summed E-state index contributed by atoms with van der Waals surface area (Å²) in [5.41, 5.74) is 9.25. The maximum Gasteiger partial charge on any atom is 0.166 e. The summed E-state index contributed by atoms with van der Waals surface area (Å²) in [5, 5.41) is -0.366. The molecule has 5 heteroatoms. The van der Waals surface area contributed by atoms with E-state index < -0.39 is 23.0 Å². The lowest BCUT2D eigenvalue weighted by Gasteiger charge is -2.03. The van der Waals surface area contributed by atoms with E-state index >= 15 is 0 Å². The van der Waals surface area contributed by atoms with Gasteiger partial charge in [-0.3, -0.25) is 0 Å². The third kappa shape index (κ3) is 1.21. The Kier molecular flexibility index (Phi) is 1.87. The summed E-state index contributed by atoms with van der Waals surface area (Å²) in [6, 6.07) is 0.780. The minimum Gasteiger partial charge on any atom is -0.395 e. The van der Waals surface area contributed by atoms with Crippen LogP contribution in [0.1, 0.15) is 0 Å². The minimum absolute atomic E-state index is 0.366. The standard InChI is InChI=1S/C6H5ClF2N2/c7-2-1-3(8)5(10)6(11)4(2)9/h1H,10-11H2. The smallest absolute Gasteiger partial charge is 0.166 e. The van der Waals surface area contributed by atoms with Crippen LogP contribution in [0.4, 0.5) is 20.2 Å². The third-order valence-corrected chi connectivity index (χ3v) is 1.52. The van der Waals surface area contributed by atoms with Gasteiger partial charge in [-0.25, -0.2) is 8.78 Å². The lowest BCUT2D eigenvalue weighted by Crippen LogP contribution is -2.01. The van der Waals surface area contributed by atoms with E-state index in [4.69, 9.17) is 23.1 Å². The summed E-state index contributed by atoms with van der Waals surface area (Å²) in [6.07, 6.45) is 0. The molecule has 0 radical (unpaired) electrons. The van der Waals surface area contributed by atoms with E-state index in [1.165, 1.54) is 0 Å². The second-order valence-electron chi connectivity index (χ2n) is 1.98. The van der Waals surface area contributed by atoms with Crippen LogP contribution in [0.15, 0.2) is 6.07 Å². The van der Waals surface area contributed by atoms with E-state index in [0.717, 1.165) is 6.07 Å². The number of hydrogen-bond acceptors (Lipinski definition) is 2. The van der Waals surface area contributed by atoms with Crippen LogP contribution in [0.25, 0.3) is 0 Å². The van der Waals surface area contributed by atoms with Gasteiger partial charge in [-0.2, -0.15) is 0 Å². The summed E-state index contributed by atoms with van der Waals surface area (Å²) >= 11 is 5.24. The number of nitrogen functional groups attached to an aromatic ring is 2. The molecule has 0 amide bonds. The van der Waals surface area contributed by atoms with Gasteiger partial charge in [0.1, 0.15) is 5.82 Å². The van der Waals surface area contributed by atoms with Gasteiger partial charge in [0.05, 0.1) is 16.4 Å². The highest BCUT2D eigenvalue weighted by Crippen LogP contribution is 2.28. The second kappa shape index (κ2) is 2.54. The van der Waals surface area contributed by atoms with Gasteiger partial charge in [-0.15, -0.1) is 0 Å². The Morgan fingerprint density at radius 2 is 1.73 bits per heavy atom. The molecule has 0 bridgehead atoms. The first-order chi connectivity index (χ1) is 5.04. The van der Waals surface area contributed by atoms with Gasteiger partial charge in [-0.1, -0.05) is 11.6 Å². The number of rotatable bonds is 0. The molecule has 0 saturated heterocycles. The zero-order chi connectivity index (χ0) is 8.59. The molecule has 0 aliphatic carbocycles. The number of halogens is 3. The Hall–Kier alpha value is -1.03. The van der Waals surface area contributed by atoms with Crippen molar-refractivity contribution < 1.29 is 8.78 Å². The lowest BCUT2D eigenvalue weighted by molar-refractivity contribution is 0.608. The molecule has 0 saturated carbocycles. The Balaban J connectivity index is 3.46. The highest BCUT2D eigenvalue weighted by atomic mass is 35.5. The molecule has 1 aromatic carbocycles. The van der Waals surface area contributed by atoms with Crippen molar-refractivity contribution in [2.45, 2.75) is 0 Å². The molecule has 11 heavy (non-hydrogen) atoms. The van der Waals surface area contributed by atoms with Crippen molar-refractivity contribution in [1.29, 1.82) is 0 Å². The number of hydrogen-bond donors (Lipinski definition) is 2. The average molecular weight is 179 g/mol. The monoisotopic (exact) mass is 178 g/mol. The fourth-order valence-corrected chi connectivity index (χ4v) is 0.826. The Bertz CT molecular complexity index is 275.